The van der Waals surface area contributed by atoms with Crippen LogP contribution in [0.1, 0.15) is 12.5 Å². The van der Waals surface area contributed by atoms with Gasteiger partial charge >= 0.3 is 3.12 Å². The number of rotatable bonds is 5. The molecule has 0 unspecified atom stereocenters. The van der Waals surface area contributed by atoms with Gasteiger partial charge in [0.25, 0.3) is 15.9 Å². The maximum Gasteiger partial charge on any atom is 0.306 e. The lowest BCUT2D eigenvalue weighted by Gasteiger charge is -2.29. The number of hydrogen-bond donors (Lipinski definition) is 2. The standard InChI is InChI=1S/C11H13Cl3N2O4S/c1-8(10(17)15-18)16(21(19,20)11(12,13)14)7-9-5-3-2-4-6-9/h2-6,8,18H,7H2,1H3,(H,15,17)/t8-/m0/s1. The molecular weight excluding hydrogens is 363 g/mol. The molecule has 0 saturated carbocycles. The van der Waals surface area contributed by atoms with E-state index in [2.05, 4.69) is 0 Å². The largest absolute Gasteiger partial charge is 0.306 e. The highest BCUT2D eigenvalue weighted by atomic mass is 35.6. The highest BCUT2D eigenvalue weighted by Crippen LogP contribution is 2.36. The molecule has 2 N–H and O–H groups in total. The summed E-state index contributed by atoms with van der Waals surface area (Å²) in [4.78, 5) is 11.5. The zero-order valence-corrected chi connectivity index (χ0v) is 13.9. The van der Waals surface area contributed by atoms with Crippen LogP contribution >= 0.6 is 34.8 Å². The summed E-state index contributed by atoms with van der Waals surface area (Å²) in [6, 6.07) is 7.20. The second kappa shape index (κ2) is 7.13. The van der Waals surface area contributed by atoms with E-state index in [1.54, 1.807) is 30.3 Å². The Kier molecular flexibility index (Phi) is 6.27. The summed E-state index contributed by atoms with van der Waals surface area (Å²) >= 11 is 16.5. The van der Waals surface area contributed by atoms with E-state index in [-0.39, 0.29) is 6.54 Å². The fourth-order valence-electron chi connectivity index (χ4n) is 1.55. The van der Waals surface area contributed by atoms with Crippen LogP contribution in [0.4, 0.5) is 0 Å². The molecule has 1 aromatic rings. The first-order valence-corrected chi connectivity index (χ1v) is 8.24. The minimum absolute atomic E-state index is 0.189. The number of alkyl halides is 3. The Labute approximate surface area is 137 Å². The Balaban J connectivity index is 3.21. The Morgan fingerprint density at radius 2 is 1.86 bits per heavy atom. The predicted molar refractivity (Wildman–Crippen MR) is 80.6 cm³/mol. The van der Waals surface area contributed by atoms with Crippen molar-refractivity contribution < 1.29 is 18.4 Å². The fraction of sp³-hybridized carbons (Fsp3) is 0.364. The molecule has 1 aromatic carbocycles. The summed E-state index contributed by atoms with van der Waals surface area (Å²) in [6.45, 7) is 1.08. The molecule has 0 aliphatic carbocycles. The topological polar surface area (TPSA) is 86.7 Å². The highest BCUT2D eigenvalue weighted by Gasteiger charge is 2.46. The first-order valence-electron chi connectivity index (χ1n) is 5.67. The fourth-order valence-corrected chi connectivity index (χ4v) is 3.45. The van der Waals surface area contributed by atoms with Crippen molar-refractivity contribution in [3.05, 3.63) is 35.9 Å². The van der Waals surface area contributed by atoms with Crippen LogP contribution in [-0.2, 0) is 21.4 Å². The molecule has 0 aliphatic heterocycles. The number of amides is 1. The molecule has 0 fully saturated rings. The van der Waals surface area contributed by atoms with E-state index in [4.69, 9.17) is 40.0 Å². The van der Waals surface area contributed by atoms with E-state index < -0.39 is 25.1 Å². The average Bonchev–Trinajstić information content (AvgIpc) is 2.42. The summed E-state index contributed by atoms with van der Waals surface area (Å²) in [5, 5.41) is 8.67. The molecule has 0 saturated heterocycles. The van der Waals surface area contributed by atoms with Crippen molar-refractivity contribution in [1.29, 1.82) is 0 Å². The van der Waals surface area contributed by atoms with Gasteiger partial charge < -0.3 is 0 Å². The van der Waals surface area contributed by atoms with E-state index in [0.29, 0.717) is 9.87 Å². The van der Waals surface area contributed by atoms with E-state index >= 15 is 0 Å². The molecule has 6 nitrogen and oxygen atoms in total. The molecule has 118 valence electrons. The number of carbonyl (C=O) groups excluding carboxylic acids is 1. The van der Waals surface area contributed by atoms with Gasteiger partial charge in [-0.25, -0.2) is 13.9 Å². The van der Waals surface area contributed by atoms with Gasteiger partial charge in [0.1, 0.15) is 6.04 Å². The summed E-state index contributed by atoms with van der Waals surface area (Å²) in [5.41, 5.74) is 1.97. The molecule has 0 spiro atoms. The second-order valence-electron chi connectivity index (χ2n) is 4.13. The third-order valence-electron chi connectivity index (χ3n) is 2.70. The summed E-state index contributed by atoms with van der Waals surface area (Å²) in [6.07, 6.45) is 0. The van der Waals surface area contributed by atoms with Crippen molar-refractivity contribution in [2.75, 3.05) is 0 Å². The van der Waals surface area contributed by atoms with Gasteiger partial charge in [-0.2, -0.15) is 4.31 Å². The highest BCUT2D eigenvalue weighted by molar-refractivity contribution is 7.95. The van der Waals surface area contributed by atoms with Crippen LogP contribution in [-0.4, -0.2) is 33.0 Å². The van der Waals surface area contributed by atoms with Crippen molar-refractivity contribution in [2.24, 2.45) is 0 Å². The Morgan fingerprint density at radius 1 is 1.33 bits per heavy atom. The van der Waals surface area contributed by atoms with E-state index in [0.717, 1.165) is 0 Å². The molecule has 1 amide bonds. The molecule has 0 radical (unpaired) electrons. The van der Waals surface area contributed by atoms with Gasteiger partial charge in [-0.05, 0) is 12.5 Å². The summed E-state index contributed by atoms with van der Waals surface area (Å²) in [7, 11) is -4.43. The van der Waals surface area contributed by atoms with Gasteiger partial charge in [-0.15, -0.1) is 0 Å². The number of sulfonamides is 1. The Morgan fingerprint density at radius 3 is 2.29 bits per heavy atom. The van der Waals surface area contributed by atoms with Gasteiger partial charge in [0.15, 0.2) is 0 Å². The smallest absolute Gasteiger partial charge is 0.289 e. The molecule has 0 aromatic heterocycles. The monoisotopic (exact) mass is 374 g/mol. The minimum Gasteiger partial charge on any atom is -0.289 e. The number of halogens is 3. The van der Waals surface area contributed by atoms with Crippen molar-refractivity contribution in [1.82, 2.24) is 9.79 Å². The maximum atomic E-state index is 12.3. The number of nitrogens with zero attached hydrogens (tertiary/aromatic N) is 1. The lowest BCUT2D eigenvalue weighted by Crippen LogP contribution is -2.50. The molecule has 21 heavy (non-hydrogen) atoms. The SMILES string of the molecule is C[C@@H](C(=O)NO)N(Cc1ccccc1)S(=O)(=O)C(Cl)(Cl)Cl. The van der Waals surface area contributed by atoms with E-state index in [9.17, 15) is 13.2 Å². The van der Waals surface area contributed by atoms with Crippen LogP contribution in [0.2, 0.25) is 0 Å². The van der Waals surface area contributed by atoms with Crippen LogP contribution in [0.3, 0.4) is 0 Å². The predicted octanol–water partition coefficient (Wildman–Crippen LogP) is 2.04. The van der Waals surface area contributed by atoms with Crippen molar-refractivity contribution >= 4 is 50.7 Å². The average molecular weight is 376 g/mol. The first-order chi connectivity index (χ1) is 9.61. The number of nitrogens with one attached hydrogen (secondary N) is 1. The second-order valence-corrected chi connectivity index (χ2v) is 9.12. The molecule has 0 heterocycles. The lowest BCUT2D eigenvalue weighted by molar-refractivity contribution is -0.132. The normalized spacial score (nSPS) is 14.0. The maximum absolute atomic E-state index is 12.3. The molecule has 0 aliphatic rings. The van der Waals surface area contributed by atoms with E-state index in [1.165, 1.54) is 12.4 Å². The number of hydrogen-bond acceptors (Lipinski definition) is 4. The lowest BCUT2D eigenvalue weighted by atomic mass is 10.2. The molecule has 0 bridgehead atoms. The van der Waals surface area contributed by atoms with Crippen molar-refractivity contribution in [2.45, 2.75) is 22.6 Å². The zero-order chi connectivity index (χ0) is 16.3. The van der Waals surface area contributed by atoms with Gasteiger partial charge in [-0.3, -0.25) is 10.0 Å². The Hall–Kier alpha value is -0.570. The quantitative estimate of drug-likeness (QED) is 0.468. The molecule has 1 rings (SSSR count). The third kappa shape index (κ3) is 4.45. The Bertz CT molecular complexity index is 589. The van der Waals surface area contributed by atoms with Gasteiger partial charge in [0, 0.05) is 6.54 Å². The molecular formula is C11H13Cl3N2O4S. The first kappa shape index (κ1) is 18.5. The summed E-state index contributed by atoms with van der Waals surface area (Å²) < 4.78 is 22.6. The van der Waals surface area contributed by atoms with Crippen molar-refractivity contribution in [3.8, 4) is 0 Å². The third-order valence-corrected chi connectivity index (χ3v) is 6.11. The van der Waals surface area contributed by atoms with Gasteiger partial charge in [-0.1, -0.05) is 65.1 Å². The van der Waals surface area contributed by atoms with Crippen LogP contribution < -0.4 is 5.48 Å². The minimum atomic E-state index is -4.43. The number of hydroxylamine groups is 1. The zero-order valence-electron chi connectivity index (χ0n) is 10.8. The van der Waals surface area contributed by atoms with Crippen LogP contribution in [0, 0.1) is 0 Å². The number of benzene rings is 1. The molecule has 1 atom stereocenters. The van der Waals surface area contributed by atoms with Gasteiger partial charge in [0.2, 0.25) is 0 Å². The van der Waals surface area contributed by atoms with Crippen molar-refractivity contribution in [3.63, 3.8) is 0 Å². The van der Waals surface area contributed by atoms with E-state index in [1.807, 2.05) is 0 Å². The van der Waals surface area contributed by atoms with Crippen LogP contribution in [0.25, 0.3) is 0 Å². The van der Waals surface area contributed by atoms with Crippen LogP contribution in [0.5, 0.6) is 0 Å². The van der Waals surface area contributed by atoms with Gasteiger partial charge in [0.05, 0.1) is 0 Å². The molecule has 10 heteroatoms. The number of carbonyl (C=O) groups is 1. The summed E-state index contributed by atoms with van der Waals surface area (Å²) in [5.74, 6) is -0.941. The van der Waals surface area contributed by atoms with Crippen LogP contribution in [0.15, 0.2) is 30.3 Å².